The van der Waals surface area contributed by atoms with E-state index in [1.807, 2.05) is 42.5 Å². The minimum atomic E-state index is -1.20. The van der Waals surface area contributed by atoms with Crippen LogP contribution in [-0.2, 0) is 25.6 Å². The van der Waals surface area contributed by atoms with Crippen LogP contribution < -0.4 is 5.32 Å². The second kappa shape index (κ2) is 10.8. The first-order valence-electron chi connectivity index (χ1n) is 9.29. The lowest BCUT2D eigenvalue weighted by Gasteiger charge is -2.38. The first-order valence-corrected chi connectivity index (χ1v) is 9.67. The van der Waals surface area contributed by atoms with E-state index in [1.54, 1.807) is 18.2 Å². The molecule has 0 amide bonds. The molecule has 0 aromatic heterocycles. The summed E-state index contributed by atoms with van der Waals surface area (Å²) in [4.78, 5) is 25.0. The van der Waals surface area contributed by atoms with Crippen LogP contribution in [0.1, 0.15) is 29.9 Å². The van der Waals surface area contributed by atoms with Crippen molar-refractivity contribution in [1.29, 1.82) is 0 Å². The maximum atomic E-state index is 13.1. The van der Waals surface area contributed by atoms with E-state index in [1.165, 1.54) is 14.2 Å². The highest BCUT2D eigenvalue weighted by Gasteiger charge is 2.46. The minimum absolute atomic E-state index is 0.0520. The highest BCUT2D eigenvalue weighted by molar-refractivity contribution is 6.30. The molecule has 2 aromatic carbocycles. The van der Waals surface area contributed by atoms with Crippen molar-refractivity contribution in [2.24, 2.45) is 0 Å². The number of ether oxygens (including phenoxy) is 2. The van der Waals surface area contributed by atoms with E-state index in [-0.39, 0.29) is 12.8 Å². The fourth-order valence-electron chi connectivity index (χ4n) is 3.38. The summed E-state index contributed by atoms with van der Waals surface area (Å²) in [6.07, 6.45) is 1.94. The Morgan fingerprint density at radius 3 is 2.31 bits per heavy atom. The van der Waals surface area contributed by atoms with Gasteiger partial charge in [0.25, 0.3) is 0 Å². The molecule has 0 spiro atoms. The van der Waals surface area contributed by atoms with Crippen LogP contribution in [0.3, 0.4) is 0 Å². The third kappa shape index (κ3) is 5.68. The summed E-state index contributed by atoms with van der Waals surface area (Å²) < 4.78 is 9.97. The minimum Gasteiger partial charge on any atom is -0.469 e. The van der Waals surface area contributed by atoms with Crippen LogP contribution in [0.15, 0.2) is 67.3 Å². The Kier molecular flexibility index (Phi) is 8.43. The zero-order valence-electron chi connectivity index (χ0n) is 16.7. The largest absolute Gasteiger partial charge is 0.469 e. The molecular weight excluding hydrogens is 390 g/mol. The first-order chi connectivity index (χ1) is 14.0. The van der Waals surface area contributed by atoms with Crippen LogP contribution in [0.5, 0.6) is 0 Å². The van der Waals surface area contributed by atoms with Crippen LogP contribution in [0.25, 0.3) is 0 Å². The monoisotopic (exact) mass is 415 g/mol. The fourth-order valence-corrected chi connectivity index (χ4v) is 3.51. The Morgan fingerprint density at radius 2 is 1.76 bits per heavy atom. The van der Waals surface area contributed by atoms with Crippen LogP contribution >= 0.6 is 11.6 Å². The molecule has 0 aliphatic carbocycles. The predicted octanol–water partition coefficient (Wildman–Crippen LogP) is 4.26. The van der Waals surface area contributed by atoms with E-state index in [9.17, 15) is 9.59 Å². The van der Waals surface area contributed by atoms with Gasteiger partial charge < -0.3 is 9.47 Å². The molecule has 154 valence electrons. The summed E-state index contributed by atoms with van der Waals surface area (Å²) in [6.45, 7) is 4.33. The number of benzene rings is 2. The van der Waals surface area contributed by atoms with Gasteiger partial charge in [0.2, 0.25) is 0 Å². The lowest BCUT2D eigenvalue weighted by molar-refractivity contribution is -0.150. The number of esters is 2. The number of rotatable bonds is 10. The van der Waals surface area contributed by atoms with Crippen molar-refractivity contribution in [1.82, 2.24) is 5.32 Å². The molecule has 2 aromatic rings. The molecular formula is C23H26ClNO4. The molecule has 5 nitrogen and oxygen atoms in total. The molecule has 0 heterocycles. The number of nitrogens with one attached hydrogen (secondary N) is 1. The highest BCUT2D eigenvalue weighted by atomic mass is 35.5. The predicted molar refractivity (Wildman–Crippen MR) is 114 cm³/mol. The molecule has 2 atom stereocenters. The van der Waals surface area contributed by atoms with Gasteiger partial charge in [-0.05, 0) is 29.7 Å². The second-order valence-electron chi connectivity index (χ2n) is 6.64. The lowest BCUT2D eigenvalue weighted by Crippen LogP contribution is -2.56. The van der Waals surface area contributed by atoms with Gasteiger partial charge in [0.05, 0.1) is 14.2 Å². The zero-order chi connectivity index (χ0) is 21.3. The number of hydrogen-bond donors (Lipinski definition) is 1. The van der Waals surface area contributed by atoms with Crippen LogP contribution in [0, 0.1) is 0 Å². The molecule has 0 aliphatic heterocycles. The van der Waals surface area contributed by atoms with Gasteiger partial charge in [-0.3, -0.25) is 14.9 Å². The average Bonchev–Trinajstić information content (AvgIpc) is 2.76. The molecule has 0 saturated carbocycles. The Bertz CT molecular complexity index is 823. The SMILES string of the molecule is C=C[C@@H](c1ccccc1)[C@@](CCC(=O)OC)(NCc1ccc(Cl)cc1)C(=O)OC. The standard InChI is InChI=1S/C23H26ClNO4/c1-4-20(18-8-6-5-7-9-18)23(22(27)29-3,15-14-21(26)28-2)25-16-17-10-12-19(24)13-11-17/h4-13,20,25H,1,14-16H2,2-3H3/t20-,23+/m0/s1. The van der Waals surface area contributed by atoms with E-state index >= 15 is 0 Å². The summed E-state index contributed by atoms with van der Waals surface area (Å²) >= 11 is 5.97. The summed E-state index contributed by atoms with van der Waals surface area (Å²) in [5.41, 5.74) is 0.629. The Balaban J connectivity index is 2.45. The number of carbonyl (C=O) groups excluding carboxylic acids is 2. The van der Waals surface area contributed by atoms with E-state index in [0.29, 0.717) is 11.6 Å². The van der Waals surface area contributed by atoms with Gasteiger partial charge in [-0.25, -0.2) is 0 Å². The van der Waals surface area contributed by atoms with E-state index < -0.39 is 23.4 Å². The zero-order valence-corrected chi connectivity index (χ0v) is 17.4. The van der Waals surface area contributed by atoms with Crippen molar-refractivity contribution in [3.8, 4) is 0 Å². The topological polar surface area (TPSA) is 64.6 Å². The number of halogens is 1. The smallest absolute Gasteiger partial charge is 0.327 e. The van der Waals surface area contributed by atoms with Gasteiger partial charge in [0, 0.05) is 23.9 Å². The number of carbonyl (C=O) groups is 2. The molecule has 2 rings (SSSR count). The quantitative estimate of drug-likeness (QED) is 0.464. The van der Waals surface area contributed by atoms with Crippen LogP contribution in [-0.4, -0.2) is 31.7 Å². The van der Waals surface area contributed by atoms with Crippen molar-refractivity contribution in [2.45, 2.75) is 30.8 Å². The third-order valence-electron chi connectivity index (χ3n) is 4.95. The van der Waals surface area contributed by atoms with E-state index in [0.717, 1.165) is 11.1 Å². The highest BCUT2D eigenvalue weighted by Crippen LogP contribution is 2.35. The van der Waals surface area contributed by atoms with Crippen molar-refractivity contribution >= 4 is 23.5 Å². The summed E-state index contributed by atoms with van der Waals surface area (Å²) in [5.74, 6) is -1.29. The van der Waals surface area contributed by atoms with Gasteiger partial charge in [-0.2, -0.15) is 0 Å². The summed E-state index contributed by atoms with van der Waals surface area (Å²) in [7, 11) is 2.66. The maximum Gasteiger partial charge on any atom is 0.327 e. The van der Waals surface area contributed by atoms with E-state index in [4.69, 9.17) is 21.1 Å². The van der Waals surface area contributed by atoms with Crippen LogP contribution in [0.4, 0.5) is 0 Å². The van der Waals surface area contributed by atoms with Gasteiger partial charge in [-0.15, -0.1) is 6.58 Å². The summed E-state index contributed by atoms with van der Waals surface area (Å²) in [5, 5.41) is 3.98. The molecule has 1 N–H and O–H groups in total. The molecule has 0 fully saturated rings. The van der Waals surface area contributed by atoms with Gasteiger partial charge in [0.1, 0.15) is 5.54 Å². The number of methoxy groups -OCH3 is 2. The molecule has 0 aliphatic rings. The fraction of sp³-hybridized carbons (Fsp3) is 0.304. The maximum absolute atomic E-state index is 13.1. The van der Waals surface area contributed by atoms with Crippen molar-refractivity contribution in [3.05, 3.63) is 83.4 Å². The molecule has 0 saturated heterocycles. The molecule has 29 heavy (non-hydrogen) atoms. The third-order valence-corrected chi connectivity index (χ3v) is 5.20. The van der Waals surface area contributed by atoms with Crippen molar-refractivity contribution in [3.63, 3.8) is 0 Å². The van der Waals surface area contributed by atoms with E-state index in [2.05, 4.69) is 11.9 Å². The summed E-state index contributed by atoms with van der Waals surface area (Å²) in [6, 6.07) is 16.9. The Hall–Kier alpha value is -2.63. The second-order valence-corrected chi connectivity index (χ2v) is 7.08. The lowest BCUT2D eigenvalue weighted by atomic mass is 9.75. The van der Waals surface area contributed by atoms with Gasteiger partial charge >= 0.3 is 11.9 Å². The van der Waals surface area contributed by atoms with Gasteiger partial charge in [0.15, 0.2) is 0 Å². The normalized spacial score (nSPS) is 13.8. The van der Waals surface area contributed by atoms with Crippen molar-refractivity contribution < 1.29 is 19.1 Å². The molecule has 0 unspecified atom stereocenters. The van der Waals surface area contributed by atoms with Gasteiger partial charge in [-0.1, -0.05) is 60.1 Å². The Morgan fingerprint density at radius 1 is 1.10 bits per heavy atom. The van der Waals surface area contributed by atoms with Crippen LogP contribution in [0.2, 0.25) is 5.02 Å². The first kappa shape index (κ1) is 22.7. The average molecular weight is 416 g/mol. The molecule has 0 radical (unpaired) electrons. The molecule has 6 heteroatoms. The van der Waals surface area contributed by atoms with Crippen molar-refractivity contribution in [2.75, 3.05) is 14.2 Å². The number of hydrogen-bond acceptors (Lipinski definition) is 5. The Labute approximate surface area is 176 Å². The molecule has 0 bridgehead atoms.